The summed E-state index contributed by atoms with van der Waals surface area (Å²) in [4.78, 5) is 4.30. The van der Waals surface area contributed by atoms with Gasteiger partial charge in [0.1, 0.15) is 0 Å². The molecule has 0 aliphatic heterocycles. The van der Waals surface area contributed by atoms with Crippen molar-refractivity contribution in [2.45, 2.75) is 26.4 Å². The molecule has 2 nitrogen and oxygen atoms in total. The topological polar surface area (TPSA) is 33.1 Å². The third-order valence-electron chi connectivity index (χ3n) is 3.10. The van der Waals surface area contributed by atoms with Crippen molar-refractivity contribution in [1.29, 1.82) is 0 Å². The fraction of sp³-hybridized carbons (Fsp3) is 0.267. The molecular formula is C15H16ClNO. The predicted octanol–water partition coefficient (Wildman–Crippen LogP) is 3.63. The fourth-order valence-electron chi connectivity index (χ4n) is 2.00. The molecule has 0 bridgehead atoms. The number of nitrogens with zero attached hydrogens (tertiary/aromatic N) is 1. The quantitative estimate of drug-likeness (QED) is 0.915. The summed E-state index contributed by atoms with van der Waals surface area (Å²) in [6.07, 6.45) is 1.69. The van der Waals surface area contributed by atoms with Gasteiger partial charge in [-0.05, 0) is 48.7 Å². The van der Waals surface area contributed by atoms with Gasteiger partial charge in [-0.3, -0.25) is 4.98 Å². The minimum absolute atomic E-state index is 0.508. The maximum absolute atomic E-state index is 10.3. The predicted molar refractivity (Wildman–Crippen MR) is 73.8 cm³/mol. The lowest BCUT2D eigenvalue weighted by molar-refractivity contribution is 0.176. The Hall–Kier alpha value is -1.38. The van der Waals surface area contributed by atoms with Gasteiger partial charge in [0.15, 0.2) is 0 Å². The highest BCUT2D eigenvalue weighted by Crippen LogP contribution is 2.25. The molecule has 2 aromatic rings. The van der Waals surface area contributed by atoms with Crippen LogP contribution in [0.15, 0.2) is 36.5 Å². The summed E-state index contributed by atoms with van der Waals surface area (Å²) in [5, 5.41) is 11.0. The summed E-state index contributed by atoms with van der Waals surface area (Å²) in [5.41, 5.74) is 3.92. The van der Waals surface area contributed by atoms with Gasteiger partial charge in [-0.1, -0.05) is 23.7 Å². The highest BCUT2D eigenvalue weighted by atomic mass is 35.5. The number of benzene rings is 1. The standard InChI is InChI=1S/C15H16ClNO/c1-10-5-6-12(16)8-13(10)15(18)9-14-11(2)4-3-7-17-14/h3-8,15,18H,9H2,1-2H3. The molecule has 1 unspecified atom stereocenters. The third-order valence-corrected chi connectivity index (χ3v) is 3.34. The molecule has 2 rings (SSSR count). The number of pyridine rings is 1. The van der Waals surface area contributed by atoms with Crippen LogP contribution >= 0.6 is 11.6 Å². The first-order valence-corrected chi connectivity index (χ1v) is 6.30. The van der Waals surface area contributed by atoms with Crippen molar-refractivity contribution in [3.63, 3.8) is 0 Å². The van der Waals surface area contributed by atoms with Crippen LogP contribution in [0, 0.1) is 13.8 Å². The van der Waals surface area contributed by atoms with Crippen LogP contribution < -0.4 is 0 Å². The van der Waals surface area contributed by atoms with Crippen molar-refractivity contribution in [3.05, 3.63) is 63.9 Å². The van der Waals surface area contributed by atoms with E-state index in [4.69, 9.17) is 11.6 Å². The smallest absolute Gasteiger partial charge is 0.0848 e. The zero-order chi connectivity index (χ0) is 13.1. The van der Waals surface area contributed by atoms with Crippen LogP contribution in [0.1, 0.15) is 28.5 Å². The van der Waals surface area contributed by atoms with Gasteiger partial charge in [-0.2, -0.15) is 0 Å². The van der Waals surface area contributed by atoms with Crippen LogP contribution in [0.3, 0.4) is 0 Å². The van der Waals surface area contributed by atoms with Gasteiger partial charge in [-0.25, -0.2) is 0 Å². The molecule has 1 N–H and O–H groups in total. The molecule has 1 heterocycles. The highest BCUT2D eigenvalue weighted by Gasteiger charge is 2.13. The van der Waals surface area contributed by atoms with Gasteiger partial charge in [0, 0.05) is 23.3 Å². The number of hydrogen-bond acceptors (Lipinski definition) is 2. The number of hydrogen-bond donors (Lipinski definition) is 1. The van der Waals surface area contributed by atoms with E-state index >= 15 is 0 Å². The second-order valence-corrected chi connectivity index (χ2v) is 4.92. The van der Waals surface area contributed by atoms with E-state index < -0.39 is 6.10 Å². The molecule has 1 aromatic heterocycles. The summed E-state index contributed by atoms with van der Waals surface area (Å²) in [6, 6.07) is 9.47. The van der Waals surface area contributed by atoms with Crippen LogP contribution in [-0.2, 0) is 6.42 Å². The number of aliphatic hydroxyl groups excluding tert-OH is 1. The minimum Gasteiger partial charge on any atom is -0.388 e. The summed E-state index contributed by atoms with van der Waals surface area (Å²) in [6.45, 7) is 3.97. The van der Waals surface area contributed by atoms with Gasteiger partial charge in [0.25, 0.3) is 0 Å². The normalized spacial score (nSPS) is 12.4. The lowest BCUT2D eigenvalue weighted by atomic mass is 9.98. The Balaban J connectivity index is 2.25. The number of rotatable bonds is 3. The Bertz CT molecular complexity index is 554. The van der Waals surface area contributed by atoms with Crippen LogP contribution in [0.4, 0.5) is 0 Å². The molecule has 0 amide bonds. The van der Waals surface area contributed by atoms with E-state index in [-0.39, 0.29) is 0 Å². The summed E-state index contributed by atoms with van der Waals surface area (Å²) < 4.78 is 0. The molecule has 1 atom stereocenters. The summed E-state index contributed by atoms with van der Waals surface area (Å²) in [7, 11) is 0. The number of aryl methyl sites for hydroxylation is 2. The first kappa shape index (κ1) is 13.1. The van der Waals surface area contributed by atoms with Crippen molar-refractivity contribution in [1.82, 2.24) is 4.98 Å². The Kier molecular flexibility index (Phi) is 4.00. The van der Waals surface area contributed by atoms with E-state index in [1.54, 1.807) is 6.20 Å². The van der Waals surface area contributed by atoms with Crippen molar-refractivity contribution in [3.8, 4) is 0 Å². The Morgan fingerprint density at radius 3 is 2.72 bits per heavy atom. The van der Waals surface area contributed by atoms with Gasteiger partial charge in [-0.15, -0.1) is 0 Å². The molecule has 0 spiro atoms. The van der Waals surface area contributed by atoms with Crippen molar-refractivity contribution >= 4 is 11.6 Å². The monoisotopic (exact) mass is 261 g/mol. The third kappa shape index (κ3) is 2.89. The Morgan fingerprint density at radius 1 is 1.22 bits per heavy atom. The largest absolute Gasteiger partial charge is 0.388 e. The van der Waals surface area contributed by atoms with Gasteiger partial charge < -0.3 is 5.11 Å². The highest BCUT2D eigenvalue weighted by molar-refractivity contribution is 6.30. The molecular weight excluding hydrogens is 246 g/mol. The molecule has 0 aliphatic rings. The fourth-order valence-corrected chi connectivity index (χ4v) is 2.18. The molecule has 3 heteroatoms. The van der Waals surface area contributed by atoms with E-state index in [9.17, 15) is 5.11 Å². The maximum atomic E-state index is 10.3. The van der Waals surface area contributed by atoms with Crippen molar-refractivity contribution in [2.75, 3.05) is 0 Å². The van der Waals surface area contributed by atoms with E-state index in [0.29, 0.717) is 11.4 Å². The second-order valence-electron chi connectivity index (χ2n) is 4.49. The summed E-state index contributed by atoms with van der Waals surface area (Å²) in [5.74, 6) is 0. The average Bonchev–Trinajstić information content (AvgIpc) is 2.35. The number of aliphatic hydroxyl groups is 1. The van der Waals surface area contributed by atoms with E-state index in [1.807, 2.05) is 44.2 Å². The van der Waals surface area contributed by atoms with E-state index in [1.165, 1.54) is 0 Å². The first-order valence-electron chi connectivity index (χ1n) is 5.92. The maximum Gasteiger partial charge on any atom is 0.0848 e. The molecule has 0 fully saturated rings. The molecule has 94 valence electrons. The lowest BCUT2D eigenvalue weighted by Gasteiger charge is -2.14. The average molecular weight is 262 g/mol. The number of aromatic nitrogens is 1. The second kappa shape index (κ2) is 5.51. The molecule has 18 heavy (non-hydrogen) atoms. The molecule has 0 aliphatic carbocycles. The van der Waals surface area contributed by atoms with Crippen LogP contribution in [0.2, 0.25) is 5.02 Å². The first-order chi connectivity index (χ1) is 8.58. The zero-order valence-electron chi connectivity index (χ0n) is 10.5. The number of halogens is 1. The van der Waals surface area contributed by atoms with Crippen LogP contribution in [0.5, 0.6) is 0 Å². The van der Waals surface area contributed by atoms with Crippen molar-refractivity contribution in [2.24, 2.45) is 0 Å². The lowest BCUT2D eigenvalue weighted by Crippen LogP contribution is -2.06. The molecule has 0 saturated heterocycles. The van der Waals surface area contributed by atoms with Gasteiger partial charge in [0.2, 0.25) is 0 Å². The van der Waals surface area contributed by atoms with Crippen LogP contribution in [0.25, 0.3) is 0 Å². The van der Waals surface area contributed by atoms with Gasteiger partial charge in [0.05, 0.1) is 6.10 Å². The van der Waals surface area contributed by atoms with Crippen LogP contribution in [-0.4, -0.2) is 10.1 Å². The Labute approximate surface area is 112 Å². The summed E-state index contributed by atoms with van der Waals surface area (Å²) >= 11 is 5.97. The van der Waals surface area contributed by atoms with Gasteiger partial charge >= 0.3 is 0 Å². The zero-order valence-corrected chi connectivity index (χ0v) is 11.3. The SMILES string of the molecule is Cc1ccc(Cl)cc1C(O)Cc1ncccc1C. The Morgan fingerprint density at radius 2 is 2.00 bits per heavy atom. The van der Waals surface area contributed by atoms with Crippen molar-refractivity contribution < 1.29 is 5.11 Å². The minimum atomic E-state index is -0.572. The van der Waals surface area contributed by atoms with E-state index in [0.717, 1.165) is 22.4 Å². The molecule has 0 saturated carbocycles. The molecule has 0 radical (unpaired) electrons. The molecule has 1 aromatic carbocycles. The van der Waals surface area contributed by atoms with E-state index in [2.05, 4.69) is 4.98 Å².